The van der Waals surface area contributed by atoms with Gasteiger partial charge in [-0.1, -0.05) is 54.8 Å². The van der Waals surface area contributed by atoms with E-state index in [2.05, 4.69) is 12.1 Å². The molecule has 4 rings (SSSR count). The molecule has 0 atom stereocenters. The molecule has 0 heterocycles. The highest BCUT2D eigenvalue weighted by Crippen LogP contribution is 2.48. The summed E-state index contributed by atoms with van der Waals surface area (Å²) in [5.74, 6) is 0.655. The van der Waals surface area contributed by atoms with E-state index in [1.54, 1.807) is 23.8 Å². The topological polar surface area (TPSA) is 57.5 Å². The number of aromatic hydroxyl groups is 1. The monoisotopic (exact) mass is 374 g/mol. The van der Waals surface area contributed by atoms with E-state index in [0.717, 1.165) is 11.1 Å². The summed E-state index contributed by atoms with van der Waals surface area (Å²) in [4.78, 5) is 10.8. The molecule has 2 aromatic rings. The number of rotatable bonds is 4. The first-order valence-electron chi connectivity index (χ1n) is 10.2. The fourth-order valence-electron chi connectivity index (χ4n) is 4.93. The molecule has 0 saturated heterocycles. The zero-order valence-corrected chi connectivity index (χ0v) is 16.0. The highest BCUT2D eigenvalue weighted by Gasteiger charge is 2.33. The molecule has 2 N–H and O–H groups in total. The van der Waals surface area contributed by atoms with E-state index in [4.69, 9.17) is 5.11 Å². The molecule has 2 saturated carbocycles. The van der Waals surface area contributed by atoms with Crippen LogP contribution >= 0.6 is 0 Å². The van der Waals surface area contributed by atoms with Gasteiger partial charge in [-0.05, 0) is 78.0 Å². The van der Waals surface area contributed by atoms with Gasteiger partial charge < -0.3 is 10.2 Å². The lowest BCUT2D eigenvalue weighted by molar-refractivity contribution is -0.131. The smallest absolute Gasteiger partial charge is 0.328 e. The molecule has 2 bridgehead atoms. The van der Waals surface area contributed by atoms with E-state index in [9.17, 15) is 9.90 Å². The maximum Gasteiger partial charge on any atom is 0.328 e. The lowest BCUT2D eigenvalue weighted by atomic mass is 9.65. The molecular formula is C25H26O3. The standard InChI is InChI=1S/C25H26O3/c26-22-14-12-21(13-15-22)25(24-18-3-1-4-19(24)6-2-5-18)20-10-7-17(8-11-20)9-16-23(27)28/h7-16,18-19,26H,1-6H2,(H,27,28)/b16-9+,25-24?. The first-order valence-corrected chi connectivity index (χ1v) is 10.2. The maximum atomic E-state index is 10.8. The van der Waals surface area contributed by atoms with Crippen LogP contribution in [0, 0.1) is 11.8 Å². The molecule has 28 heavy (non-hydrogen) atoms. The fraction of sp³-hybridized carbons (Fsp3) is 0.320. The highest BCUT2D eigenvalue weighted by molar-refractivity contribution is 5.86. The predicted molar refractivity (Wildman–Crippen MR) is 112 cm³/mol. The number of hydrogen-bond acceptors (Lipinski definition) is 2. The van der Waals surface area contributed by atoms with Gasteiger partial charge in [0.1, 0.15) is 5.75 Å². The van der Waals surface area contributed by atoms with E-state index in [0.29, 0.717) is 11.8 Å². The van der Waals surface area contributed by atoms with Crippen molar-refractivity contribution in [3.8, 4) is 5.75 Å². The van der Waals surface area contributed by atoms with Crippen molar-refractivity contribution in [2.75, 3.05) is 0 Å². The van der Waals surface area contributed by atoms with Crippen molar-refractivity contribution in [3.63, 3.8) is 0 Å². The molecule has 2 aliphatic rings. The Morgan fingerprint density at radius 2 is 1.32 bits per heavy atom. The Kier molecular flexibility index (Phi) is 5.34. The van der Waals surface area contributed by atoms with E-state index in [1.807, 2.05) is 24.3 Å². The van der Waals surface area contributed by atoms with Gasteiger partial charge in [0, 0.05) is 6.08 Å². The van der Waals surface area contributed by atoms with Gasteiger partial charge in [0.05, 0.1) is 0 Å². The molecule has 3 nitrogen and oxygen atoms in total. The number of hydrogen-bond donors (Lipinski definition) is 2. The average Bonchev–Trinajstić information content (AvgIpc) is 2.69. The van der Waals surface area contributed by atoms with Crippen molar-refractivity contribution >= 4 is 17.6 Å². The lowest BCUT2D eigenvalue weighted by Crippen LogP contribution is -2.25. The van der Waals surface area contributed by atoms with Gasteiger partial charge in [0.25, 0.3) is 0 Å². The molecule has 3 heteroatoms. The van der Waals surface area contributed by atoms with Gasteiger partial charge in [-0.3, -0.25) is 0 Å². The Hall–Kier alpha value is -2.81. The Labute approximate surface area is 166 Å². The normalized spacial score (nSPS) is 21.6. The van der Waals surface area contributed by atoms with E-state index >= 15 is 0 Å². The summed E-state index contributed by atoms with van der Waals surface area (Å²) >= 11 is 0. The Bertz CT molecular complexity index is 880. The van der Waals surface area contributed by atoms with Gasteiger partial charge in [0.2, 0.25) is 0 Å². The van der Waals surface area contributed by atoms with Crippen molar-refractivity contribution in [1.82, 2.24) is 0 Å². The second kappa shape index (κ2) is 8.05. The van der Waals surface area contributed by atoms with Crippen LogP contribution in [0.15, 0.2) is 60.2 Å². The molecule has 0 spiro atoms. The molecule has 2 aliphatic carbocycles. The van der Waals surface area contributed by atoms with Crippen LogP contribution in [-0.2, 0) is 4.79 Å². The number of phenolic OH excluding ortho intramolecular Hbond substituents is 1. The molecule has 0 radical (unpaired) electrons. The third-order valence-corrected chi connectivity index (χ3v) is 6.15. The number of benzene rings is 2. The summed E-state index contributed by atoms with van der Waals surface area (Å²) in [6, 6.07) is 15.7. The number of carbonyl (C=O) groups is 1. The van der Waals surface area contributed by atoms with E-state index in [1.165, 1.54) is 55.7 Å². The molecule has 2 aromatic carbocycles. The summed E-state index contributed by atoms with van der Waals surface area (Å²) in [6.07, 6.45) is 10.5. The molecule has 0 unspecified atom stereocenters. The number of carboxylic acid groups (broad SMARTS) is 1. The van der Waals surface area contributed by atoms with Crippen LogP contribution in [-0.4, -0.2) is 16.2 Å². The molecule has 0 amide bonds. The maximum absolute atomic E-state index is 10.8. The van der Waals surface area contributed by atoms with Crippen LogP contribution in [0.1, 0.15) is 55.2 Å². The van der Waals surface area contributed by atoms with Crippen molar-refractivity contribution in [1.29, 1.82) is 0 Å². The number of aliphatic carboxylic acids is 1. The summed E-state index contributed by atoms with van der Waals surface area (Å²) in [5.41, 5.74) is 6.11. The van der Waals surface area contributed by atoms with Gasteiger partial charge in [-0.25, -0.2) is 4.79 Å². The van der Waals surface area contributed by atoms with Crippen LogP contribution in [0.3, 0.4) is 0 Å². The van der Waals surface area contributed by atoms with Crippen LogP contribution in [0.2, 0.25) is 0 Å². The van der Waals surface area contributed by atoms with Gasteiger partial charge >= 0.3 is 5.97 Å². The van der Waals surface area contributed by atoms with E-state index < -0.39 is 5.97 Å². The lowest BCUT2D eigenvalue weighted by Gasteiger charge is -2.39. The zero-order chi connectivity index (χ0) is 19.5. The van der Waals surface area contributed by atoms with Crippen molar-refractivity contribution in [2.45, 2.75) is 38.5 Å². The van der Waals surface area contributed by atoms with E-state index in [-0.39, 0.29) is 5.75 Å². The summed E-state index contributed by atoms with van der Waals surface area (Å²) in [5, 5.41) is 18.6. The van der Waals surface area contributed by atoms with Gasteiger partial charge in [-0.15, -0.1) is 0 Å². The first-order chi connectivity index (χ1) is 13.6. The second-order valence-corrected chi connectivity index (χ2v) is 7.93. The Morgan fingerprint density at radius 3 is 1.82 bits per heavy atom. The predicted octanol–water partition coefficient (Wildman–Crippen LogP) is 5.89. The minimum absolute atomic E-state index is 0.283. The molecule has 2 fully saturated rings. The second-order valence-electron chi connectivity index (χ2n) is 7.93. The largest absolute Gasteiger partial charge is 0.508 e. The van der Waals surface area contributed by atoms with Crippen molar-refractivity contribution < 1.29 is 15.0 Å². The average molecular weight is 374 g/mol. The van der Waals surface area contributed by atoms with Crippen LogP contribution < -0.4 is 0 Å². The van der Waals surface area contributed by atoms with Crippen LogP contribution in [0.4, 0.5) is 0 Å². The summed E-state index contributed by atoms with van der Waals surface area (Å²) < 4.78 is 0. The molecule has 0 aromatic heterocycles. The van der Waals surface area contributed by atoms with Gasteiger partial charge in [-0.2, -0.15) is 0 Å². The quantitative estimate of drug-likeness (QED) is 0.656. The number of fused-ring (bicyclic) bond motifs is 2. The molecule has 0 aliphatic heterocycles. The van der Waals surface area contributed by atoms with Crippen LogP contribution in [0.5, 0.6) is 5.75 Å². The molecular weight excluding hydrogens is 348 g/mol. The van der Waals surface area contributed by atoms with Crippen molar-refractivity contribution in [2.24, 2.45) is 11.8 Å². The first kappa shape index (κ1) is 18.5. The summed E-state index contributed by atoms with van der Waals surface area (Å²) in [6.45, 7) is 0. The summed E-state index contributed by atoms with van der Waals surface area (Å²) in [7, 11) is 0. The fourth-order valence-corrected chi connectivity index (χ4v) is 4.93. The minimum Gasteiger partial charge on any atom is -0.508 e. The minimum atomic E-state index is -0.939. The number of carboxylic acids is 1. The van der Waals surface area contributed by atoms with Crippen molar-refractivity contribution in [3.05, 3.63) is 76.9 Å². The van der Waals surface area contributed by atoms with Gasteiger partial charge in [0.15, 0.2) is 0 Å². The number of phenols is 1. The Morgan fingerprint density at radius 1 is 0.821 bits per heavy atom. The van der Waals surface area contributed by atoms with Crippen LogP contribution in [0.25, 0.3) is 11.6 Å². The third-order valence-electron chi connectivity index (χ3n) is 6.15. The molecule has 144 valence electrons. The SMILES string of the molecule is O=C(O)/C=C/c1ccc(C(=C2C3CCCC2CCC3)c2ccc(O)cc2)cc1. The number of allylic oxidation sites excluding steroid dienone is 1. The third kappa shape index (κ3) is 3.89. The zero-order valence-electron chi connectivity index (χ0n) is 16.0. The Balaban J connectivity index is 1.81. The highest BCUT2D eigenvalue weighted by atomic mass is 16.4.